The Bertz CT molecular complexity index is 850. The van der Waals surface area contributed by atoms with Gasteiger partial charge in [-0.05, 0) is 37.3 Å². The van der Waals surface area contributed by atoms with Crippen molar-refractivity contribution in [2.45, 2.75) is 57.6 Å². The SMILES string of the molecule is C[C@@H](OC(=O)c1cc2ccccc2c(=O)[nH]1)C(=O)NC1CCCCCC1. The Morgan fingerprint density at radius 1 is 1.15 bits per heavy atom. The van der Waals surface area contributed by atoms with Crippen molar-refractivity contribution in [2.75, 3.05) is 0 Å². The number of aromatic nitrogens is 1. The zero-order valence-corrected chi connectivity index (χ0v) is 14.9. The predicted octanol–water partition coefficient (Wildman–Crippen LogP) is 2.91. The summed E-state index contributed by atoms with van der Waals surface area (Å²) in [5.41, 5.74) is -0.312. The molecule has 0 unspecified atom stereocenters. The van der Waals surface area contributed by atoms with Crippen LogP contribution in [0.2, 0.25) is 0 Å². The summed E-state index contributed by atoms with van der Waals surface area (Å²) >= 11 is 0. The summed E-state index contributed by atoms with van der Waals surface area (Å²) in [6.07, 6.45) is 5.63. The monoisotopic (exact) mass is 356 g/mol. The number of benzene rings is 1. The molecule has 0 radical (unpaired) electrons. The van der Waals surface area contributed by atoms with Gasteiger partial charge in [0.05, 0.1) is 0 Å². The summed E-state index contributed by atoms with van der Waals surface area (Å²) in [5, 5.41) is 4.12. The summed E-state index contributed by atoms with van der Waals surface area (Å²) in [4.78, 5) is 39.2. The number of carbonyl (C=O) groups excluding carboxylic acids is 2. The van der Waals surface area contributed by atoms with Gasteiger partial charge in [0.2, 0.25) is 0 Å². The van der Waals surface area contributed by atoms with Crippen LogP contribution in [0.3, 0.4) is 0 Å². The number of H-pyrrole nitrogens is 1. The summed E-state index contributed by atoms with van der Waals surface area (Å²) in [6.45, 7) is 1.54. The van der Waals surface area contributed by atoms with Gasteiger partial charge in [-0.1, -0.05) is 43.9 Å². The molecule has 0 bridgehead atoms. The highest BCUT2D eigenvalue weighted by atomic mass is 16.5. The van der Waals surface area contributed by atoms with E-state index in [-0.39, 0.29) is 23.2 Å². The van der Waals surface area contributed by atoms with Crippen LogP contribution in [0.1, 0.15) is 55.9 Å². The molecule has 1 atom stereocenters. The molecule has 0 aliphatic heterocycles. The van der Waals surface area contributed by atoms with Crippen LogP contribution in [0, 0.1) is 0 Å². The standard InChI is InChI=1S/C20H24N2O4/c1-13(18(23)21-15-9-4-2-3-5-10-15)26-20(25)17-12-14-8-6-7-11-16(14)19(24)22-17/h6-8,11-13,15H,2-5,9-10H2,1H3,(H,21,23)(H,22,24)/t13-/m1/s1. The van der Waals surface area contributed by atoms with Crippen LogP contribution >= 0.6 is 0 Å². The van der Waals surface area contributed by atoms with Crippen molar-refractivity contribution in [3.05, 3.63) is 46.4 Å². The lowest BCUT2D eigenvalue weighted by Crippen LogP contribution is -2.42. The third-order valence-electron chi connectivity index (χ3n) is 4.83. The molecule has 6 heteroatoms. The molecule has 2 aromatic rings. The molecule has 6 nitrogen and oxygen atoms in total. The highest BCUT2D eigenvalue weighted by Gasteiger charge is 2.23. The molecule has 1 fully saturated rings. The predicted molar refractivity (Wildman–Crippen MR) is 99.1 cm³/mol. The molecule has 0 spiro atoms. The van der Waals surface area contributed by atoms with Gasteiger partial charge >= 0.3 is 5.97 Å². The van der Waals surface area contributed by atoms with Crippen LogP contribution in [0.5, 0.6) is 0 Å². The molecule has 1 aliphatic rings. The molecule has 1 saturated carbocycles. The lowest BCUT2D eigenvalue weighted by atomic mass is 10.1. The lowest BCUT2D eigenvalue weighted by molar-refractivity contribution is -0.129. The molecule has 3 rings (SSSR count). The Balaban J connectivity index is 1.65. The van der Waals surface area contributed by atoms with Gasteiger partial charge in [0, 0.05) is 11.4 Å². The second-order valence-corrected chi connectivity index (χ2v) is 6.84. The second-order valence-electron chi connectivity index (χ2n) is 6.84. The largest absolute Gasteiger partial charge is 0.448 e. The van der Waals surface area contributed by atoms with E-state index in [1.165, 1.54) is 12.8 Å². The molecule has 0 saturated heterocycles. The molecule has 1 aromatic carbocycles. The van der Waals surface area contributed by atoms with Crippen molar-refractivity contribution in [3.63, 3.8) is 0 Å². The Hall–Kier alpha value is -2.63. The van der Waals surface area contributed by atoms with Crippen LogP contribution in [0.4, 0.5) is 0 Å². The maximum Gasteiger partial charge on any atom is 0.355 e. The molecule has 1 heterocycles. The summed E-state index contributed by atoms with van der Waals surface area (Å²) in [7, 11) is 0. The van der Waals surface area contributed by atoms with E-state index >= 15 is 0 Å². The van der Waals surface area contributed by atoms with E-state index in [0.717, 1.165) is 25.7 Å². The van der Waals surface area contributed by atoms with Gasteiger partial charge in [-0.15, -0.1) is 0 Å². The number of aromatic amines is 1. The molecular formula is C20H24N2O4. The van der Waals surface area contributed by atoms with E-state index in [4.69, 9.17) is 4.74 Å². The maximum absolute atomic E-state index is 12.3. The molecular weight excluding hydrogens is 332 g/mol. The zero-order chi connectivity index (χ0) is 18.5. The Labute approximate surface area is 151 Å². The summed E-state index contributed by atoms with van der Waals surface area (Å²) in [6, 6.07) is 8.70. The van der Waals surface area contributed by atoms with E-state index in [2.05, 4.69) is 10.3 Å². The Kier molecular flexibility index (Phi) is 5.71. The molecule has 26 heavy (non-hydrogen) atoms. The van der Waals surface area contributed by atoms with Crippen LogP contribution in [-0.4, -0.2) is 29.0 Å². The fourth-order valence-corrected chi connectivity index (χ4v) is 3.34. The normalized spacial score (nSPS) is 16.7. The van der Waals surface area contributed by atoms with E-state index < -0.39 is 12.1 Å². The fraction of sp³-hybridized carbons (Fsp3) is 0.450. The number of carbonyl (C=O) groups is 2. The van der Waals surface area contributed by atoms with E-state index in [9.17, 15) is 14.4 Å². The van der Waals surface area contributed by atoms with Crippen LogP contribution in [0.15, 0.2) is 35.1 Å². The summed E-state index contributed by atoms with van der Waals surface area (Å²) in [5.74, 6) is -1.01. The number of amides is 1. The number of hydrogen-bond donors (Lipinski definition) is 2. The fourth-order valence-electron chi connectivity index (χ4n) is 3.34. The van der Waals surface area contributed by atoms with Gasteiger partial charge < -0.3 is 15.0 Å². The topological polar surface area (TPSA) is 88.3 Å². The molecule has 1 amide bonds. The average Bonchev–Trinajstić information content (AvgIpc) is 2.90. The second kappa shape index (κ2) is 8.17. The first-order valence-corrected chi connectivity index (χ1v) is 9.18. The van der Waals surface area contributed by atoms with Crippen molar-refractivity contribution in [2.24, 2.45) is 0 Å². The average molecular weight is 356 g/mol. The minimum atomic E-state index is -0.916. The number of nitrogens with one attached hydrogen (secondary N) is 2. The van der Waals surface area contributed by atoms with Gasteiger partial charge in [0.1, 0.15) is 5.69 Å². The highest BCUT2D eigenvalue weighted by Crippen LogP contribution is 2.17. The first-order valence-electron chi connectivity index (χ1n) is 9.18. The number of rotatable bonds is 4. The number of ether oxygens (including phenoxy) is 1. The molecule has 2 N–H and O–H groups in total. The van der Waals surface area contributed by atoms with Gasteiger partial charge in [-0.3, -0.25) is 9.59 Å². The van der Waals surface area contributed by atoms with E-state index in [1.807, 2.05) is 0 Å². The zero-order valence-electron chi connectivity index (χ0n) is 14.9. The third-order valence-corrected chi connectivity index (χ3v) is 4.83. The smallest absolute Gasteiger partial charge is 0.355 e. The number of pyridine rings is 1. The van der Waals surface area contributed by atoms with Crippen LogP contribution in [-0.2, 0) is 9.53 Å². The lowest BCUT2D eigenvalue weighted by Gasteiger charge is -2.19. The number of fused-ring (bicyclic) bond motifs is 1. The van der Waals surface area contributed by atoms with E-state index in [1.54, 1.807) is 37.3 Å². The first-order chi connectivity index (χ1) is 12.5. The minimum absolute atomic E-state index is 0.0443. The van der Waals surface area contributed by atoms with Crippen molar-refractivity contribution in [1.29, 1.82) is 0 Å². The van der Waals surface area contributed by atoms with Crippen molar-refractivity contribution in [3.8, 4) is 0 Å². The Morgan fingerprint density at radius 3 is 2.58 bits per heavy atom. The van der Waals surface area contributed by atoms with Gasteiger partial charge in [-0.2, -0.15) is 0 Å². The van der Waals surface area contributed by atoms with Crippen LogP contribution < -0.4 is 10.9 Å². The highest BCUT2D eigenvalue weighted by molar-refractivity contribution is 5.94. The van der Waals surface area contributed by atoms with Gasteiger partial charge in [0.15, 0.2) is 6.10 Å². The molecule has 1 aliphatic carbocycles. The first kappa shape index (κ1) is 18.2. The Morgan fingerprint density at radius 2 is 1.85 bits per heavy atom. The molecule has 1 aromatic heterocycles. The maximum atomic E-state index is 12.3. The minimum Gasteiger partial charge on any atom is -0.448 e. The molecule has 138 valence electrons. The number of hydrogen-bond acceptors (Lipinski definition) is 4. The number of esters is 1. The van der Waals surface area contributed by atoms with Crippen molar-refractivity contribution < 1.29 is 14.3 Å². The summed E-state index contributed by atoms with van der Waals surface area (Å²) < 4.78 is 5.25. The van der Waals surface area contributed by atoms with Crippen LogP contribution in [0.25, 0.3) is 10.8 Å². The van der Waals surface area contributed by atoms with E-state index in [0.29, 0.717) is 10.8 Å². The van der Waals surface area contributed by atoms with Crippen molar-refractivity contribution in [1.82, 2.24) is 10.3 Å². The quantitative estimate of drug-likeness (QED) is 0.651. The van der Waals surface area contributed by atoms with Crippen molar-refractivity contribution >= 4 is 22.6 Å². The van der Waals surface area contributed by atoms with Gasteiger partial charge in [0.25, 0.3) is 11.5 Å². The van der Waals surface area contributed by atoms with Gasteiger partial charge in [-0.25, -0.2) is 4.79 Å². The third kappa shape index (κ3) is 4.31.